The van der Waals surface area contributed by atoms with Crippen molar-refractivity contribution in [2.75, 3.05) is 11.1 Å². The number of thioether (sulfide) groups is 1. The summed E-state index contributed by atoms with van der Waals surface area (Å²) in [6.45, 7) is 6.38. The zero-order valence-corrected chi connectivity index (χ0v) is 21.5. The molecule has 4 rings (SSSR count). The molecule has 1 N–H and O–H groups in total. The molecule has 0 spiro atoms. The van der Waals surface area contributed by atoms with Crippen LogP contribution < -0.4 is 10.1 Å². The first-order valence-corrected chi connectivity index (χ1v) is 13.1. The summed E-state index contributed by atoms with van der Waals surface area (Å²) in [6.07, 6.45) is 5.82. The minimum Gasteiger partial charge on any atom is -0.486 e. The Kier molecular flexibility index (Phi) is 8.16. The van der Waals surface area contributed by atoms with E-state index in [1.807, 2.05) is 50.2 Å². The standard InChI is InChI=1S/C26H31ClN4O2S/c1-17-9-10-20(13-18(17)2)28-25(32)16-34-26-30-29-24(31(26)21-7-5-4-6-8-21)15-33-22-11-12-23(27)19(3)14-22/h9-14,21H,4-8,15-16H2,1-3H3,(H,28,32). The predicted molar refractivity (Wildman–Crippen MR) is 138 cm³/mol. The van der Waals surface area contributed by atoms with Crippen LogP contribution in [0.1, 0.15) is 60.7 Å². The number of nitrogens with zero attached hydrogens (tertiary/aromatic N) is 3. The number of carbonyl (C=O) groups excluding carboxylic acids is 1. The van der Waals surface area contributed by atoms with E-state index in [-0.39, 0.29) is 11.7 Å². The quantitative estimate of drug-likeness (QED) is 0.351. The van der Waals surface area contributed by atoms with Crippen molar-refractivity contribution in [1.82, 2.24) is 14.8 Å². The molecule has 0 radical (unpaired) electrons. The van der Waals surface area contributed by atoms with E-state index >= 15 is 0 Å². The van der Waals surface area contributed by atoms with Gasteiger partial charge in [0.1, 0.15) is 12.4 Å². The van der Waals surface area contributed by atoms with Crippen LogP contribution in [0.5, 0.6) is 5.75 Å². The lowest BCUT2D eigenvalue weighted by Crippen LogP contribution is -2.19. The van der Waals surface area contributed by atoms with E-state index in [0.717, 1.165) is 51.4 Å². The first kappa shape index (κ1) is 24.6. The highest BCUT2D eigenvalue weighted by Gasteiger charge is 2.24. The zero-order valence-electron chi connectivity index (χ0n) is 19.9. The van der Waals surface area contributed by atoms with Gasteiger partial charge in [0, 0.05) is 16.8 Å². The molecule has 1 saturated carbocycles. The summed E-state index contributed by atoms with van der Waals surface area (Å²) < 4.78 is 8.22. The maximum absolute atomic E-state index is 12.6. The molecule has 1 aliphatic carbocycles. The van der Waals surface area contributed by atoms with Gasteiger partial charge in [0.15, 0.2) is 11.0 Å². The van der Waals surface area contributed by atoms with Gasteiger partial charge in [-0.3, -0.25) is 9.36 Å². The molecule has 6 nitrogen and oxygen atoms in total. The molecule has 0 unspecified atom stereocenters. The Morgan fingerprint density at radius 2 is 1.85 bits per heavy atom. The topological polar surface area (TPSA) is 69.0 Å². The van der Waals surface area contributed by atoms with Gasteiger partial charge in [-0.1, -0.05) is 48.7 Å². The lowest BCUT2D eigenvalue weighted by atomic mass is 9.95. The molecule has 1 aliphatic rings. The number of rotatable bonds is 8. The average Bonchev–Trinajstić information content (AvgIpc) is 3.24. The average molecular weight is 499 g/mol. The summed E-state index contributed by atoms with van der Waals surface area (Å²) in [4.78, 5) is 12.6. The molecule has 0 bridgehead atoms. The molecule has 1 aromatic heterocycles. The van der Waals surface area contributed by atoms with Crippen molar-refractivity contribution in [3.8, 4) is 5.75 Å². The van der Waals surface area contributed by atoms with Crippen LogP contribution in [0.2, 0.25) is 5.02 Å². The number of hydrogen-bond donors (Lipinski definition) is 1. The highest BCUT2D eigenvalue weighted by Crippen LogP contribution is 2.33. The molecule has 0 aliphatic heterocycles. The van der Waals surface area contributed by atoms with Crippen LogP contribution in [0.4, 0.5) is 5.69 Å². The van der Waals surface area contributed by atoms with Crippen molar-refractivity contribution in [2.45, 2.75) is 70.7 Å². The smallest absolute Gasteiger partial charge is 0.234 e. The highest BCUT2D eigenvalue weighted by molar-refractivity contribution is 7.99. The molecule has 3 aromatic rings. The van der Waals surface area contributed by atoms with Crippen LogP contribution in [-0.4, -0.2) is 26.4 Å². The Morgan fingerprint density at radius 1 is 1.06 bits per heavy atom. The van der Waals surface area contributed by atoms with Gasteiger partial charge in [0.2, 0.25) is 5.91 Å². The molecular weight excluding hydrogens is 468 g/mol. The van der Waals surface area contributed by atoms with Crippen molar-refractivity contribution in [2.24, 2.45) is 0 Å². The number of anilines is 1. The molecule has 2 aromatic carbocycles. The Balaban J connectivity index is 1.45. The fourth-order valence-corrected chi connectivity index (χ4v) is 5.15. The lowest BCUT2D eigenvalue weighted by molar-refractivity contribution is -0.113. The molecule has 1 amide bonds. The Morgan fingerprint density at radius 3 is 2.59 bits per heavy atom. The number of nitrogens with one attached hydrogen (secondary N) is 1. The van der Waals surface area contributed by atoms with Crippen molar-refractivity contribution >= 4 is 35.0 Å². The van der Waals surface area contributed by atoms with Gasteiger partial charge in [-0.2, -0.15) is 0 Å². The Hall–Kier alpha value is -2.51. The maximum atomic E-state index is 12.6. The number of hydrogen-bond acceptors (Lipinski definition) is 5. The normalized spacial score (nSPS) is 14.2. The fourth-order valence-electron chi connectivity index (χ4n) is 4.21. The Labute approximate surface area is 210 Å². The second kappa shape index (κ2) is 11.3. The Bertz CT molecular complexity index is 1160. The highest BCUT2D eigenvalue weighted by atomic mass is 35.5. The number of aromatic nitrogens is 3. The van der Waals surface area contributed by atoms with E-state index in [0.29, 0.717) is 12.6 Å². The molecule has 0 atom stereocenters. The minimum atomic E-state index is -0.0547. The molecule has 0 saturated heterocycles. The summed E-state index contributed by atoms with van der Waals surface area (Å²) in [7, 11) is 0. The number of benzene rings is 2. The summed E-state index contributed by atoms with van der Waals surface area (Å²) in [5.41, 5.74) is 4.15. The van der Waals surface area contributed by atoms with E-state index in [9.17, 15) is 4.79 Å². The van der Waals surface area contributed by atoms with Crippen molar-refractivity contribution in [1.29, 1.82) is 0 Å². The second-order valence-electron chi connectivity index (χ2n) is 8.90. The van der Waals surface area contributed by atoms with Crippen LogP contribution in [0.3, 0.4) is 0 Å². The molecule has 1 fully saturated rings. The second-order valence-corrected chi connectivity index (χ2v) is 10.2. The molecular formula is C26H31ClN4O2S. The van der Waals surface area contributed by atoms with Crippen LogP contribution in [0.15, 0.2) is 41.6 Å². The predicted octanol–water partition coefficient (Wildman–Crippen LogP) is 6.67. The third-order valence-electron chi connectivity index (χ3n) is 6.30. The third kappa shape index (κ3) is 6.13. The zero-order chi connectivity index (χ0) is 24.1. The number of halogens is 1. The monoisotopic (exact) mass is 498 g/mol. The molecule has 1 heterocycles. The summed E-state index contributed by atoms with van der Waals surface area (Å²) >= 11 is 7.56. The largest absolute Gasteiger partial charge is 0.486 e. The van der Waals surface area contributed by atoms with Gasteiger partial charge in [-0.25, -0.2) is 0 Å². The number of aryl methyl sites for hydroxylation is 3. The van der Waals surface area contributed by atoms with Crippen LogP contribution in [0, 0.1) is 20.8 Å². The summed E-state index contributed by atoms with van der Waals surface area (Å²) in [5.74, 6) is 1.76. The van der Waals surface area contributed by atoms with Crippen molar-refractivity contribution < 1.29 is 9.53 Å². The van der Waals surface area contributed by atoms with Gasteiger partial charge < -0.3 is 10.1 Å². The van der Waals surface area contributed by atoms with Crippen LogP contribution in [-0.2, 0) is 11.4 Å². The van der Waals surface area contributed by atoms with Gasteiger partial charge in [-0.05, 0) is 80.6 Å². The summed E-state index contributed by atoms with van der Waals surface area (Å²) in [6, 6.07) is 11.9. The minimum absolute atomic E-state index is 0.0547. The van der Waals surface area contributed by atoms with Gasteiger partial charge in [0.25, 0.3) is 0 Å². The van der Waals surface area contributed by atoms with Gasteiger partial charge in [-0.15, -0.1) is 10.2 Å². The van der Waals surface area contributed by atoms with Gasteiger partial charge >= 0.3 is 0 Å². The SMILES string of the molecule is Cc1ccc(NC(=O)CSc2nnc(COc3ccc(Cl)c(C)c3)n2C2CCCCC2)cc1C. The maximum Gasteiger partial charge on any atom is 0.234 e. The van der Waals surface area contributed by atoms with Crippen molar-refractivity contribution in [3.05, 3.63) is 63.9 Å². The molecule has 180 valence electrons. The van der Waals surface area contributed by atoms with Crippen molar-refractivity contribution in [3.63, 3.8) is 0 Å². The lowest BCUT2D eigenvalue weighted by Gasteiger charge is -2.25. The number of carbonyl (C=O) groups is 1. The van der Waals surface area contributed by atoms with E-state index in [1.165, 1.54) is 36.6 Å². The number of ether oxygens (including phenoxy) is 1. The first-order valence-electron chi connectivity index (χ1n) is 11.7. The third-order valence-corrected chi connectivity index (χ3v) is 7.66. The number of amides is 1. The molecule has 34 heavy (non-hydrogen) atoms. The van der Waals surface area contributed by atoms with Gasteiger partial charge in [0.05, 0.1) is 5.75 Å². The fraction of sp³-hybridized carbons (Fsp3) is 0.423. The van der Waals surface area contributed by atoms with E-state index in [1.54, 1.807) is 0 Å². The van der Waals surface area contributed by atoms with E-state index in [2.05, 4.69) is 27.0 Å². The van der Waals surface area contributed by atoms with Crippen LogP contribution >= 0.6 is 23.4 Å². The van der Waals surface area contributed by atoms with Crippen LogP contribution in [0.25, 0.3) is 0 Å². The van der Waals surface area contributed by atoms with E-state index in [4.69, 9.17) is 16.3 Å². The summed E-state index contributed by atoms with van der Waals surface area (Å²) in [5, 5.41) is 13.4. The first-order chi connectivity index (χ1) is 16.4. The molecule has 8 heteroatoms. The van der Waals surface area contributed by atoms with E-state index < -0.39 is 0 Å².